The molecule has 2 N–H and O–H groups in total. The molecule has 0 heterocycles. The summed E-state index contributed by atoms with van der Waals surface area (Å²) in [4.78, 5) is 12.3. The number of hydrogen-bond donors (Lipinski definition) is 2. The molecule has 1 aromatic rings. The van der Waals surface area contributed by atoms with Gasteiger partial charge in [-0.25, -0.2) is 4.79 Å². The summed E-state index contributed by atoms with van der Waals surface area (Å²) in [7, 11) is 0. The van der Waals surface area contributed by atoms with E-state index in [4.69, 9.17) is 0 Å². The summed E-state index contributed by atoms with van der Waals surface area (Å²) < 4.78 is 0. The fourth-order valence-corrected chi connectivity index (χ4v) is 3.16. The Morgan fingerprint density at radius 3 is 2.74 bits per heavy atom. The van der Waals surface area contributed by atoms with Gasteiger partial charge in [0, 0.05) is 17.1 Å². The standard InChI is InChI=1S/C15H21NO2S/c1-4-19-12-7-5-6-11(13(12)14(17)18)16-9-10-8-15(10,2)3/h5-7,10,16H,4,8-9H2,1-3H3,(H,17,18). The summed E-state index contributed by atoms with van der Waals surface area (Å²) in [5, 5.41) is 12.7. The Morgan fingerprint density at radius 2 is 2.21 bits per heavy atom. The molecule has 1 saturated carbocycles. The summed E-state index contributed by atoms with van der Waals surface area (Å²) in [6.07, 6.45) is 1.21. The fourth-order valence-electron chi connectivity index (χ4n) is 2.33. The van der Waals surface area contributed by atoms with Crippen LogP contribution in [0.2, 0.25) is 0 Å². The van der Waals surface area contributed by atoms with E-state index < -0.39 is 5.97 Å². The van der Waals surface area contributed by atoms with Crippen molar-refractivity contribution in [2.45, 2.75) is 32.1 Å². The molecule has 0 aromatic heterocycles. The molecule has 0 bridgehead atoms. The maximum Gasteiger partial charge on any atom is 0.338 e. The van der Waals surface area contributed by atoms with Crippen LogP contribution in [0.1, 0.15) is 37.6 Å². The Labute approximate surface area is 118 Å². The largest absolute Gasteiger partial charge is 0.478 e. The number of anilines is 1. The third-order valence-electron chi connectivity index (χ3n) is 3.80. The van der Waals surface area contributed by atoms with Gasteiger partial charge in [0.25, 0.3) is 0 Å². The highest BCUT2D eigenvalue weighted by Gasteiger charge is 2.45. The van der Waals surface area contributed by atoms with Gasteiger partial charge >= 0.3 is 5.97 Å². The van der Waals surface area contributed by atoms with E-state index in [1.165, 1.54) is 6.42 Å². The van der Waals surface area contributed by atoms with Crippen LogP contribution in [0.25, 0.3) is 0 Å². The average Bonchev–Trinajstić information content (AvgIpc) is 2.94. The highest BCUT2D eigenvalue weighted by molar-refractivity contribution is 7.99. The molecule has 1 aromatic carbocycles. The lowest BCUT2D eigenvalue weighted by atomic mass is 10.1. The minimum atomic E-state index is -0.853. The van der Waals surface area contributed by atoms with Gasteiger partial charge in [-0.15, -0.1) is 11.8 Å². The quantitative estimate of drug-likeness (QED) is 0.774. The molecular formula is C15H21NO2S. The van der Waals surface area contributed by atoms with Gasteiger partial charge in [-0.05, 0) is 35.6 Å². The maximum absolute atomic E-state index is 11.5. The predicted molar refractivity (Wildman–Crippen MR) is 80.2 cm³/mol. The molecule has 1 atom stereocenters. The molecule has 1 unspecified atom stereocenters. The third kappa shape index (κ3) is 3.24. The van der Waals surface area contributed by atoms with Crippen molar-refractivity contribution in [1.29, 1.82) is 0 Å². The van der Waals surface area contributed by atoms with Gasteiger partial charge in [0.1, 0.15) is 0 Å². The third-order valence-corrected chi connectivity index (χ3v) is 4.74. The molecule has 19 heavy (non-hydrogen) atoms. The number of aromatic carboxylic acids is 1. The lowest BCUT2D eigenvalue weighted by Crippen LogP contribution is -2.11. The monoisotopic (exact) mass is 279 g/mol. The number of hydrogen-bond acceptors (Lipinski definition) is 3. The highest BCUT2D eigenvalue weighted by Crippen LogP contribution is 2.51. The summed E-state index contributed by atoms with van der Waals surface area (Å²) in [6.45, 7) is 7.39. The smallest absolute Gasteiger partial charge is 0.338 e. The fraction of sp³-hybridized carbons (Fsp3) is 0.533. The number of benzene rings is 1. The molecular weight excluding hydrogens is 258 g/mol. The molecule has 0 spiro atoms. The van der Waals surface area contributed by atoms with Gasteiger partial charge in [-0.1, -0.05) is 26.8 Å². The minimum Gasteiger partial charge on any atom is -0.478 e. The van der Waals surface area contributed by atoms with Crippen molar-refractivity contribution in [3.05, 3.63) is 23.8 Å². The van der Waals surface area contributed by atoms with Gasteiger partial charge in [0.2, 0.25) is 0 Å². The van der Waals surface area contributed by atoms with Crippen LogP contribution in [0.4, 0.5) is 5.69 Å². The Morgan fingerprint density at radius 1 is 1.53 bits per heavy atom. The Hall–Kier alpha value is -1.16. The molecule has 1 fully saturated rings. The van der Waals surface area contributed by atoms with Crippen LogP contribution in [0, 0.1) is 11.3 Å². The molecule has 0 aliphatic heterocycles. The second-order valence-corrected chi connectivity index (χ2v) is 6.99. The van der Waals surface area contributed by atoms with Gasteiger partial charge in [-0.2, -0.15) is 0 Å². The van der Waals surface area contributed by atoms with Gasteiger partial charge < -0.3 is 10.4 Å². The summed E-state index contributed by atoms with van der Waals surface area (Å²) in [5.74, 6) is 0.671. The first kappa shape index (κ1) is 14.3. The van der Waals surface area contributed by atoms with E-state index in [1.54, 1.807) is 11.8 Å². The normalized spacial score (nSPS) is 20.1. The van der Waals surface area contributed by atoms with E-state index in [9.17, 15) is 9.90 Å². The first-order chi connectivity index (χ1) is 8.95. The number of carbonyl (C=O) groups is 1. The highest BCUT2D eigenvalue weighted by atomic mass is 32.2. The van der Waals surface area contributed by atoms with Gasteiger partial charge in [0.15, 0.2) is 0 Å². The molecule has 0 radical (unpaired) electrons. The van der Waals surface area contributed by atoms with Crippen LogP contribution in [0.15, 0.2) is 23.1 Å². The minimum absolute atomic E-state index is 0.409. The predicted octanol–water partition coefficient (Wildman–Crippen LogP) is 3.95. The summed E-state index contributed by atoms with van der Waals surface area (Å²) >= 11 is 1.57. The van der Waals surface area contributed by atoms with Crippen LogP contribution in [0.5, 0.6) is 0 Å². The number of thioether (sulfide) groups is 1. The zero-order chi connectivity index (χ0) is 14.0. The zero-order valence-corrected chi connectivity index (χ0v) is 12.5. The van der Waals surface area contributed by atoms with E-state index in [0.717, 1.165) is 22.9 Å². The maximum atomic E-state index is 11.5. The molecule has 1 aliphatic rings. The molecule has 104 valence electrons. The summed E-state index contributed by atoms with van der Waals surface area (Å²) in [5.41, 5.74) is 1.56. The van der Waals surface area contributed by atoms with Crippen molar-refractivity contribution >= 4 is 23.4 Å². The lowest BCUT2D eigenvalue weighted by Gasteiger charge is -2.13. The zero-order valence-electron chi connectivity index (χ0n) is 11.7. The average molecular weight is 279 g/mol. The number of carboxylic acid groups (broad SMARTS) is 1. The Balaban J connectivity index is 2.14. The van der Waals surface area contributed by atoms with E-state index in [0.29, 0.717) is 16.9 Å². The second-order valence-electron chi connectivity index (χ2n) is 5.69. The van der Waals surface area contributed by atoms with Crippen LogP contribution in [0.3, 0.4) is 0 Å². The van der Waals surface area contributed by atoms with Crippen molar-refractivity contribution in [2.24, 2.45) is 11.3 Å². The first-order valence-corrected chi connectivity index (χ1v) is 7.67. The van der Waals surface area contributed by atoms with Crippen molar-refractivity contribution in [1.82, 2.24) is 0 Å². The number of nitrogens with one attached hydrogen (secondary N) is 1. The van der Waals surface area contributed by atoms with Crippen LogP contribution >= 0.6 is 11.8 Å². The summed E-state index contributed by atoms with van der Waals surface area (Å²) in [6, 6.07) is 5.66. The van der Waals surface area contributed by atoms with E-state index in [1.807, 2.05) is 25.1 Å². The van der Waals surface area contributed by atoms with Gasteiger partial charge in [-0.3, -0.25) is 0 Å². The van der Waals surface area contributed by atoms with Crippen molar-refractivity contribution < 1.29 is 9.90 Å². The SMILES string of the molecule is CCSc1cccc(NCC2CC2(C)C)c1C(=O)O. The molecule has 0 saturated heterocycles. The van der Waals surface area contributed by atoms with Crippen molar-refractivity contribution in [3.63, 3.8) is 0 Å². The van der Waals surface area contributed by atoms with E-state index >= 15 is 0 Å². The van der Waals surface area contributed by atoms with E-state index in [2.05, 4.69) is 19.2 Å². The Bertz CT molecular complexity index is 485. The second kappa shape index (κ2) is 5.45. The van der Waals surface area contributed by atoms with Gasteiger partial charge in [0.05, 0.1) is 5.56 Å². The van der Waals surface area contributed by atoms with Crippen LogP contribution in [-0.4, -0.2) is 23.4 Å². The van der Waals surface area contributed by atoms with Crippen LogP contribution in [-0.2, 0) is 0 Å². The van der Waals surface area contributed by atoms with Crippen molar-refractivity contribution in [3.8, 4) is 0 Å². The Kier molecular flexibility index (Phi) is 4.09. The molecule has 4 heteroatoms. The topological polar surface area (TPSA) is 49.3 Å². The van der Waals surface area contributed by atoms with E-state index in [-0.39, 0.29) is 0 Å². The molecule has 1 aliphatic carbocycles. The van der Waals surface area contributed by atoms with Crippen LogP contribution < -0.4 is 5.32 Å². The lowest BCUT2D eigenvalue weighted by molar-refractivity contribution is 0.0694. The van der Waals surface area contributed by atoms with Crippen molar-refractivity contribution in [2.75, 3.05) is 17.6 Å². The number of carboxylic acids is 1. The first-order valence-electron chi connectivity index (χ1n) is 6.68. The molecule has 3 nitrogen and oxygen atoms in total. The molecule has 2 rings (SSSR count). The number of rotatable bonds is 6. The molecule has 0 amide bonds.